The Morgan fingerprint density at radius 3 is 1.59 bits per heavy atom. The molecule has 1 nitrogen and oxygen atoms in total. The van der Waals surface area contributed by atoms with Gasteiger partial charge in [0, 0.05) is 22.0 Å². The van der Waals surface area contributed by atoms with Gasteiger partial charge in [-0.05, 0) is 60.7 Å². The zero-order chi connectivity index (χ0) is 20.2. The van der Waals surface area contributed by atoms with Crippen LogP contribution in [0.5, 0.6) is 0 Å². The normalized spacial score (nSPS) is 10.8. The van der Waals surface area contributed by atoms with Crippen LogP contribution in [0.4, 0.5) is 17.1 Å². The first-order valence-corrected chi connectivity index (χ1v) is 12.0. The number of unbranched alkanes of at least 4 members (excludes halogenated alkanes) is 6. The van der Waals surface area contributed by atoms with Crippen LogP contribution in [-0.4, -0.2) is 5.75 Å². The number of benzene rings is 3. The molecule has 0 saturated carbocycles. The highest BCUT2D eigenvalue weighted by atomic mass is 32.2. The van der Waals surface area contributed by atoms with Gasteiger partial charge in [-0.2, -0.15) is 0 Å². The zero-order valence-corrected chi connectivity index (χ0v) is 18.4. The van der Waals surface area contributed by atoms with E-state index in [0.717, 1.165) is 0 Å². The molecular weight excluding hydrogens is 370 g/mol. The van der Waals surface area contributed by atoms with Crippen LogP contribution in [-0.2, 0) is 0 Å². The van der Waals surface area contributed by atoms with E-state index in [1.165, 1.54) is 72.7 Å². The quantitative estimate of drug-likeness (QED) is 0.219. The number of para-hydroxylation sites is 2. The lowest BCUT2D eigenvalue weighted by molar-refractivity contribution is 0.603. The molecule has 0 spiro atoms. The highest BCUT2D eigenvalue weighted by molar-refractivity contribution is 7.99. The van der Waals surface area contributed by atoms with Crippen molar-refractivity contribution in [2.45, 2.75) is 56.8 Å². The molecular formula is C27H33NS. The fourth-order valence-electron chi connectivity index (χ4n) is 3.54. The molecule has 0 radical (unpaired) electrons. The summed E-state index contributed by atoms with van der Waals surface area (Å²) < 4.78 is 0. The molecule has 0 N–H and O–H groups in total. The van der Waals surface area contributed by atoms with Crippen LogP contribution < -0.4 is 4.90 Å². The Morgan fingerprint density at radius 1 is 0.552 bits per heavy atom. The van der Waals surface area contributed by atoms with E-state index in [1.54, 1.807) is 0 Å². The van der Waals surface area contributed by atoms with Gasteiger partial charge in [0.25, 0.3) is 0 Å². The van der Waals surface area contributed by atoms with Crippen molar-refractivity contribution in [2.24, 2.45) is 0 Å². The smallest absolute Gasteiger partial charge is 0.0462 e. The fourth-order valence-corrected chi connectivity index (χ4v) is 4.45. The number of thioether (sulfide) groups is 1. The second kappa shape index (κ2) is 12.4. The Bertz CT molecular complexity index is 759. The van der Waals surface area contributed by atoms with Gasteiger partial charge >= 0.3 is 0 Å². The summed E-state index contributed by atoms with van der Waals surface area (Å²) in [7, 11) is 0. The van der Waals surface area contributed by atoms with Crippen molar-refractivity contribution in [3.8, 4) is 0 Å². The number of hydrogen-bond donors (Lipinski definition) is 0. The highest BCUT2D eigenvalue weighted by Crippen LogP contribution is 2.35. The third kappa shape index (κ3) is 6.97. The largest absolute Gasteiger partial charge is 0.311 e. The Balaban J connectivity index is 1.57. The lowest BCUT2D eigenvalue weighted by atomic mass is 10.1. The van der Waals surface area contributed by atoms with Crippen LogP contribution in [0, 0.1) is 0 Å². The third-order valence-electron chi connectivity index (χ3n) is 5.14. The second-order valence-electron chi connectivity index (χ2n) is 7.47. The minimum absolute atomic E-state index is 1.18. The molecule has 0 aliphatic heterocycles. The molecule has 0 fully saturated rings. The van der Waals surface area contributed by atoms with Crippen molar-refractivity contribution >= 4 is 28.8 Å². The van der Waals surface area contributed by atoms with Gasteiger partial charge in [-0.15, -0.1) is 11.8 Å². The Morgan fingerprint density at radius 2 is 1.03 bits per heavy atom. The molecule has 0 amide bonds. The molecule has 0 aromatic heterocycles. The number of nitrogens with zero attached hydrogens (tertiary/aromatic N) is 1. The van der Waals surface area contributed by atoms with Gasteiger partial charge in [-0.25, -0.2) is 0 Å². The summed E-state index contributed by atoms with van der Waals surface area (Å²) in [6.45, 7) is 2.28. The third-order valence-corrected chi connectivity index (χ3v) is 6.24. The lowest BCUT2D eigenvalue weighted by Gasteiger charge is -2.25. The van der Waals surface area contributed by atoms with Gasteiger partial charge in [-0.3, -0.25) is 0 Å². The molecule has 29 heavy (non-hydrogen) atoms. The van der Waals surface area contributed by atoms with Crippen molar-refractivity contribution in [3.63, 3.8) is 0 Å². The van der Waals surface area contributed by atoms with E-state index in [4.69, 9.17) is 0 Å². The first-order chi connectivity index (χ1) is 14.4. The number of rotatable bonds is 12. The predicted octanol–water partition coefficient (Wildman–Crippen LogP) is 9.00. The number of anilines is 3. The molecule has 0 saturated heterocycles. The summed E-state index contributed by atoms with van der Waals surface area (Å²) in [5.74, 6) is 1.22. The lowest BCUT2D eigenvalue weighted by Crippen LogP contribution is -2.09. The SMILES string of the molecule is CCCCCCCCCSc1ccc(N(c2ccccc2)c2ccccc2)cc1. The van der Waals surface area contributed by atoms with Crippen LogP contribution in [0.3, 0.4) is 0 Å². The van der Waals surface area contributed by atoms with Crippen LogP contribution in [0.15, 0.2) is 89.8 Å². The van der Waals surface area contributed by atoms with Crippen LogP contribution >= 0.6 is 11.8 Å². The maximum atomic E-state index is 2.31. The molecule has 2 heteroatoms. The topological polar surface area (TPSA) is 3.24 Å². The fraction of sp³-hybridized carbons (Fsp3) is 0.333. The minimum Gasteiger partial charge on any atom is -0.311 e. The monoisotopic (exact) mass is 403 g/mol. The van der Waals surface area contributed by atoms with Gasteiger partial charge < -0.3 is 4.90 Å². The highest BCUT2D eigenvalue weighted by Gasteiger charge is 2.11. The molecule has 0 atom stereocenters. The second-order valence-corrected chi connectivity index (χ2v) is 8.64. The Hall–Kier alpha value is -2.19. The van der Waals surface area contributed by atoms with E-state index in [1.807, 2.05) is 11.8 Å². The first kappa shape index (κ1) is 21.5. The van der Waals surface area contributed by atoms with E-state index < -0.39 is 0 Å². The summed E-state index contributed by atoms with van der Waals surface area (Å²) >= 11 is 1.98. The van der Waals surface area contributed by atoms with E-state index in [2.05, 4.69) is 96.8 Å². The molecule has 0 heterocycles. The summed E-state index contributed by atoms with van der Waals surface area (Å²) in [4.78, 5) is 3.67. The molecule has 0 aliphatic rings. The van der Waals surface area contributed by atoms with E-state index >= 15 is 0 Å². The summed E-state index contributed by atoms with van der Waals surface area (Å²) in [6.07, 6.45) is 9.61. The van der Waals surface area contributed by atoms with Gasteiger partial charge in [0.15, 0.2) is 0 Å². The van der Waals surface area contributed by atoms with Gasteiger partial charge in [-0.1, -0.05) is 81.8 Å². The zero-order valence-electron chi connectivity index (χ0n) is 17.6. The summed E-state index contributed by atoms with van der Waals surface area (Å²) in [5, 5.41) is 0. The van der Waals surface area contributed by atoms with E-state index in [0.29, 0.717) is 0 Å². The van der Waals surface area contributed by atoms with Gasteiger partial charge in [0.05, 0.1) is 0 Å². The molecule has 3 aromatic carbocycles. The molecule has 0 unspecified atom stereocenters. The van der Waals surface area contributed by atoms with Crippen LogP contribution in [0.25, 0.3) is 0 Å². The summed E-state index contributed by atoms with van der Waals surface area (Å²) in [5.41, 5.74) is 3.56. The van der Waals surface area contributed by atoms with Crippen molar-refractivity contribution in [1.29, 1.82) is 0 Å². The molecule has 0 bridgehead atoms. The van der Waals surface area contributed by atoms with Crippen molar-refractivity contribution < 1.29 is 0 Å². The van der Waals surface area contributed by atoms with Crippen molar-refractivity contribution in [3.05, 3.63) is 84.9 Å². The maximum Gasteiger partial charge on any atom is 0.0462 e. The van der Waals surface area contributed by atoms with Crippen LogP contribution in [0.2, 0.25) is 0 Å². The van der Waals surface area contributed by atoms with Gasteiger partial charge in [0.1, 0.15) is 0 Å². The van der Waals surface area contributed by atoms with Crippen molar-refractivity contribution in [1.82, 2.24) is 0 Å². The molecule has 3 aromatic rings. The van der Waals surface area contributed by atoms with Gasteiger partial charge in [0.2, 0.25) is 0 Å². The molecule has 0 aliphatic carbocycles. The average molecular weight is 404 g/mol. The average Bonchev–Trinajstić information content (AvgIpc) is 2.78. The van der Waals surface area contributed by atoms with E-state index in [-0.39, 0.29) is 0 Å². The Kier molecular flexibility index (Phi) is 9.19. The van der Waals surface area contributed by atoms with Crippen molar-refractivity contribution in [2.75, 3.05) is 10.7 Å². The standard InChI is InChI=1S/C27H33NS/c1-2-3-4-5-6-7-14-23-29-27-21-19-26(20-22-27)28(24-15-10-8-11-16-24)25-17-12-9-13-18-25/h8-13,15-22H,2-7,14,23H2,1H3. The maximum absolute atomic E-state index is 2.31. The summed E-state index contributed by atoms with van der Waals surface area (Å²) in [6, 6.07) is 30.2. The molecule has 3 rings (SSSR count). The van der Waals surface area contributed by atoms with E-state index in [9.17, 15) is 0 Å². The van der Waals surface area contributed by atoms with Crippen LogP contribution in [0.1, 0.15) is 51.9 Å². The molecule has 152 valence electrons. The number of hydrogen-bond acceptors (Lipinski definition) is 2. The predicted molar refractivity (Wildman–Crippen MR) is 130 cm³/mol. The first-order valence-electron chi connectivity index (χ1n) is 11.0. The Labute approximate surface area is 181 Å². The minimum atomic E-state index is 1.18.